The smallest absolute Gasteiger partial charge is 0.203 e. The molecule has 0 saturated carbocycles. The van der Waals surface area contributed by atoms with Crippen molar-refractivity contribution in [3.63, 3.8) is 0 Å². The maximum atomic E-state index is 4.84. The van der Waals surface area contributed by atoms with E-state index >= 15 is 0 Å². The summed E-state index contributed by atoms with van der Waals surface area (Å²) >= 11 is 0. The van der Waals surface area contributed by atoms with Crippen molar-refractivity contribution in [3.8, 4) is 0 Å². The predicted octanol–water partition coefficient (Wildman–Crippen LogP) is 5.26. The van der Waals surface area contributed by atoms with Gasteiger partial charge in [0.25, 0.3) is 0 Å². The zero-order chi connectivity index (χ0) is 21.0. The fourth-order valence-electron chi connectivity index (χ4n) is 4.81. The van der Waals surface area contributed by atoms with E-state index in [-0.39, 0.29) is 0 Å². The molecule has 0 radical (unpaired) electrons. The third-order valence-electron chi connectivity index (χ3n) is 6.50. The molecular weight excluding hydrogens is 380 g/mol. The lowest BCUT2D eigenvalue weighted by Crippen LogP contribution is -2.47. The van der Waals surface area contributed by atoms with Crippen molar-refractivity contribution in [2.75, 3.05) is 11.9 Å². The average Bonchev–Trinajstić information content (AvgIpc) is 3.12. The Labute approximate surface area is 184 Å². The van der Waals surface area contributed by atoms with Crippen LogP contribution in [0.15, 0.2) is 84.9 Å². The zero-order valence-electron chi connectivity index (χ0n) is 18.1. The average molecular weight is 411 g/mol. The largest absolute Gasteiger partial charge is 0.353 e. The number of hydrogen-bond donors (Lipinski definition) is 1. The molecular formula is C27H30N4. The van der Waals surface area contributed by atoms with Crippen LogP contribution in [-0.4, -0.2) is 33.1 Å². The number of fused-ring (bicyclic) bond motifs is 1. The van der Waals surface area contributed by atoms with Crippen molar-refractivity contribution in [3.05, 3.63) is 96.1 Å². The highest BCUT2D eigenvalue weighted by Crippen LogP contribution is 2.26. The highest BCUT2D eigenvalue weighted by atomic mass is 15.2. The molecule has 4 heteroatoms. The van der Waals surface area contributed by atoms with Gasteiger partial charge in [0.2, 0.25) is 5.95 Å². The molecule has 1 aliphatic rings. The van der Waals surface area contributed by atoms with Gasteiger partial charge in [-0.1, -0.05) is 72.8 Å². The fourth-order valence-corrected chi connectivity index (χ4v) is 4.81. The van der Waals surface area contributed by atoms with Gasteiger partial charge in [0, 0.05) is 32.2 Å². The number of piperidine rings is 1. The van der Waals surface area contributed by atoms with E-state index in [1.54, 1.807) is 0 Å². The molecule has 0 spiro atoms. The van der Waals surface area contributed by atoms with Crippen molar-refractivity contribution in [1.29, 1.82) is 0 Å². The summed E-state index contributed by atoms with van der Waals surface area (Å²) in [7, 11) is 2.10. The molecule has 1 fully saturated rings. The third-order valence-corrected chi connectivity index (χ3v) is 6.50. The normalized spacial score (nSPS) is 19.5. The van der Waals surface area contributed by atoms with Gasteiger partial charge in [-0.05, 0) is 42.5 Å². The molecule has 31 heavy (non-hydrogen) atoms. The number of aryl methyl sites for hydroxylation is 1. The first-order valence-electron chi connectivity index (χ1n) is 11.3. The molecule has 0 aliphatic carbocycles. The molecule has 3 aromatic carbocycles. The number of likely N-dealkylation sites (tertiary alicyclic amines) is 1. The first-order chi connectivity index (χ1) is 15.3. The molecule has 2 heterocycles. The molecule has 0 amide bonds. The summed E-state index contributed by atoms with van der Waals surface area (Å²) in [5, 5.41) is 3.76. The molecule has 1 aromatic heterocycles. The first-order valence-corrected chi connectivity index (χ1v) is 11.3. The molecule has 158 valence electrons. The summed E-state index contributed by atoms with van der Waals surface area (Å²) in [6.07, 6.45) is 3.32. The number of para-hydroxylation sites is 2. The van der Waals surface area contributed by atoms with Gasteiger partial charge in [-0.25, -0.2) is 4.98 Å². The van der Waals surface area contributed by atoms with Crippen LogP contribution in [0.4, 0.5) is 5.95 Å². The minimum absolute atomic E-state index is 0.427. The molecule has 4 nitrogen and oxygen atoms in total. The number of anilines is 1. The summed E-state index contributed by atoms with van der Waals surface area (Å²) in [5.41, 5.74) is 5.03. The van der Waals surface area contributed by atoms with Crippen LogP contribution in [0.3, 0.4) is 0 Å². The highest BCUT2D eigenvalue weighted by Gasteiger charge is 2.29. The third kappa shape index (κ3) is 4.49. The predicted molar refractivity (Wildman–Crippen MR) is 128 cm³/mol. The topological polar surface area (TPSA) is 33.1 Å². The SMILES string of the molecule is Cn1c(NC2CCN(Cc3ccccc3)C(Cc3ccccc3)C2)nc2ccccc21. The van der Waals surface area contributed by atoms with Crippen LogP contribution in [0, 0.1) is 0 Å². The second kappa shape index (κ2) is 8.94. The highest BCUT2D eigenvalue weighted by molar-refractivity contribution is 5.78. The van der Waals surface area contributed by atoms with E-state index in [1.807, 2.05) is 0 Å². The van der Waals surface area contributed by atoms with Gasteiger partial charge in [0.05, 0.1) is 11.0 Å². The molecule has 1 N–H and O–H groups in total. The maximum Gasteiger partial charge on any atom is 0.203 e. The molecule has 2 atom stereocenters. The second-order valence-corrected chi connectivity index (χ2v) is 8.65. The maximum absolute atomic E-state index is 4.84. The number of rotatable bonds is 6. The number of hydrogen-bond acceptors (Lipinski definition) is 3. The monoisotopic (exact) mass is 410 g/mol. The Hall–Kier alpha value is -3.11. The first kappa shape index (κ1) is 19.8. The van der Waals surface area contributed by atoms with E-state index in [9.17, 15) is 0 Å². The van der Waals surface area contributed by atoms with Crippen LogP contribution in [0.1, 0.15) is 24.0 Å². The number of imidazole rings is 1. The summed E-state index contributed by atoms with van der Waals surface area (Å²) in [6.45, 7) is 2.10. The molecule has 1 saturated heterocycles. The van der Waals surface area contributed by atoms with E-state index in [0.29, 0.717) is 12.1 Å². The van der Waals surface area contributed by atoms with E-state index in [1.165, 1.54) is 16.6 Å². The summed E-state index contributed by atoms with van der Waals surface area (Å²) in [4.78, 5) is 7.50. The van der Waals surface area contributed by atoms with Crippen molar-refractivity contribution >= 4 is 17.0 Å². The Morgan fingerprint density at radius 1 is 0.871 bits per heavy atom. The molecule has 2 unspecified atom stereocenters. The van der Waals surface area contributed by atoms with Crippen LogP contribution in [0.2, 0.25) is 0 Å². The van der Waals surface area contributed by atoms with Gasteiger partial charge in [0.1, 0.15) is 0 Å². The van der Waals surface area contributed by atoms with Crippen molar-refractivity contribution in [2.45, 2.75) is 37.9 Å². The Kier molecular flexibility index (Phi) is 5.72. The van der Waals surface area contributed by atoms with E-state index in [4.69, 9.17) is 4.98 Å². The molecule has 1 aliphatic heterocycles. The second-order valence-electron chi connectivity index (χ2n) is 8.65. The van der Waals surface area contributed by atoms with Crippen LogP contribution >= 0.6 is 0 Å². The van der Waals surface area contributed by atoms with Gasteiger partial charge >= 0.3 is 0 Å². The van der Waals surface area contributed by atoms with Gasteiger partial charge < -0.3 is 9.88 Å². The van der Waals surface area contributed by atoms with Crippen molar-refractivity contribution in [2.24, 2.45) is 7.05 Å². The minimum atomic E-state index is 0.427. The lowest BCUT2D eigenvalue weighted by atomic mass is 9.91. The van der Waals surface area contributed by atoms with Crippen LogP contribution < -0.4 is 5.32 Å². The van der Waals surface area contributed by atoms with Gasteiger partial charge in [-0.3, -0.25) is 4.90 Å². The Balaban J connectivity index is 1.34. The van der Waals surface area contributed by atoms with E-state index < -0.39 is 0 Å². The van der Waals surface area contributed by atoms with E-state index in [0.717, 1.165) is 43.8 Å². The summed E-state index contributed by atoms with van der Waals surface area (Å²) < 4.78 is 2.18. The quantitative estimate of drug-likeness (QED) is 0.471. The lowest BCUT2D eigenvalue weighted by molar-refractivity contribution is 0.131. The zero-order valence-corrected chi connectivity index (χ0v) is 18.1. The summed E-state index contributed by atoms with van der Waals surface area (Å²) in [6, 6.07) is 31.0. The Morgan fingerprint density at radius 2 is 1.55 bits per heavy atom. The standard InChI is InChI=1S/C27H30N4/c1-30-26-15-9-8-14-25(26)29-27(30)28-23-16-17-31(20-22-12-6-3-7-13-22)24(19-23)18-21-10-4-2-5-11-21/h2-15,23-24H,16-20H2,1H3,(H,28,29). The van der Waals surface area contributed by atoms with Crippen molar-refractivity contribution < 1.29 is 0 Å². The number of aromatic nitrogens is 2. The van der Waals surface area contributed by atoms with E-state index in [2.05, 4.69) is 107 Å². The van der Waals surface area contributed by atoms with Crippen molar-refractivity contribution in [1.82, 2.24) is 14.5 Å². The van der Waals surface area contributed by atoms with Crippen LogP contribution in [-0.2, 0) is 20.0 Å². The summed E-state index contributed by atoms with van der Waals surface area (Å²) in [5.74, 6) is 0.973. The Morgan fingerprint density at radius 3 is 2.29 bits per heavy atom. The number of nitrogens with zero attached hydrogens (tertiary/aromatic N) is 3. The Bertz CT molecular complexity index is 1120. The van der Waals surface area contributed by atoms with Crippen LogP contribution in [0.25, 0.3) is 11.0 Å². The molecule has 5 rings (SSSR count). The van der Waals surface area contributed by atoms with Gasteiger partial charge in [0.15, 0.2) is 0 Å². The lowest BCUT2D eigenvalue weighted by Gasteiger charge is -2.40. The molecule has 4 aromatic rings. The minimum Gasteiger partial charge on any atom is -0.353 e. The molecule has 0 bridgehead atoms. The van der Waals surface area contributed by atoms with Gasteiger partial charge in [-0.2, -0.15) is 0 Å². The van der Waals surface area contributed by atoms with Crippen LogP contribution in [0.5, 0.6) is 0 Å². The van der Waals surface area contributed by atoms with Gasteiger partial charge in [-0.15, -0.1) is 0 Å². The fraction of sp³-hybridized carbons (Fsp3) is 0.296. The number of nitrogens with one attached hydrogen (secondary N) is 1. The number of benzene rings is 3.